The summed E-state index contributed by atoms with van der Waals surface area (Å²) in [7, 11) is 0. The van der Waals surface area contributed by atoms with E-state index < -0.39 is 5.60 Å². The Morgan fingerprint density at radius 2 is 2.29 bits per heavy atom. The third-order valence-corrected chi connectivity index (χ3v) is 3.17. The number of likely N-dealkylation sites (tertiary alicyclic amines) is 1. The monoisotopic (exact) mass is 294 g/mol. The lowest BCUT2D eigenvalue weighted by Crippen LogP contribution is -2.42. The normalized spacial score (nSPS) is 18.6. The molecule has 6 nitrogen and oxygen atoms in total. The van der Waals surface area contributed by atoms with Crippen LogP contribution in [0.5, 0.6) is 11.6 Å². The molecule has 1 atom stereocenters. The Balaban J connectivity index is 1.93. The minimum Gasteiger partial charge on any atom is -0.503 e. The molecule has 1 aliphatic heterocycles. The van der Waals surface area contributed by atoms with E-state index in [1.54, 1.807) is 17.2 Å². The lowest BCUT2D eigenvalue weighted by Gasteiger charge is -2.28. The van der Waals surface area contributed by atoms with Gasteiger partial charge in [-0.05, 0) is 45.7 Å². The van der Waals surface area contributed by atoms with Crippen molar-refractivity contribution in [2.75, 3.05) is 13.2 Å². The number of pyridine rings is 1. The largest absolute Gasteiger partial charge is 0.503 e. The molecular formula is C15H22N2O4. The fourth-order valence-corrected chi connectivity index (χ4v) is 2.24. The first-order valence-corrected chi connectivity index (χ1v) is 7.13. The van der Waals surface area contributed by atoms with Crippen LogP contribution in [0.3, 0.4) is 0 Å². The number of carbonyl (C=O) groups excluding carboxylic acids is 1. The molecule has 1 fully saturated rings. The average Bonchev–Trinajstić information content (AvgIpc) is 2.84. The Morgan fingerprint density at radius 1 is 1.52 bits per heavy atom. The number of amides is 1. The smallest absolute Gasteiger partial charge is 0.410 e. The van der Waals surface area contributed by atoms with Gasteiger partial charge in [0.25, 0.3) is 5.88 Å². The second-order valence-electron chi connectivity index (χ2n) is 6.11. The standard InChI is InChI=1S/C15H22N2O4/c1-15(2,3)21-14(19)17-9-5-6-11(17)10-20-13-12(18)7-4-8-16-13/h4,7-8,11,18H,5-6,9-10H2,1-3H3. The highest BCUT2D eigenvalue weighted by Crippen LogP contribution is 2.25. The molecule has 0 saturated carbocycles. The van der Waals surface area contributed by atoms with Crippen molar-refractivity contribution in [3.05, 3.63) is 18.3 Å². The van der Waals surface area contributed by atoms with E-state index >= 15 is 0 Å². The highest BCUT2D eigenvalue weighted by atomic mass is 16.6. The zero-order chi connectivity index (χ0) is 15.5. The van der Waals surface area contributed by atoms with Gasteiger partial charge >= 0.3 is 6.09 Å². The molecule has 0 spiro atoms. The molecule has 0 aliphatic carbocycles. The van der Waals surface area contributed by atoms with E-state index in [0.717, 1.165) is 12.8 Å². The molecule has 21 heavy (non-hydrogen) atoms. The maximum Gasteiger partial charge on any atom is 0.410 e. The molecule has 1 aliphatic rings. The van der Waals surface area contributed by atoms with Crippen LogP contribution in [0.2, 0.25) is 0 Å². The van der Waals surface area contributed by atoms with Gasteiger partial charge in [0.05, 0.1) is 6.04 Å². The van der Waals surface area contributed by atoms with Crippen molar-refractivity contribution < 1.29 is 19.4 Å². The third-order valence-electron chi connectivity index (χ3n) is 3.17. The number of hydrogen-bond donors (Lipinski definition) is 1. The van der Waals surface area contributed by atoms with E-state index in [4.69, 9.17) is 9.47 Å². The van der Waals surface area contributed by atoms with Gasteiger partial charge in [-0.15, -0.1) is 0 Å². The highest BCUT2D eigenvalue weighted by molar-refractivity contribution is 5.69. The van der Waals surface area contributed by atoms with Crippen LogP contribution in [0.4, 0.5) is 4.79 Å². The van der Waals surface area contributed by atoms with Crippen molar-refractivity contribution in [3.63, 3.8) is 0 Å². The number of aromatic nitrogens is 1. The summed E-state index contributed by atoms with van der Waals surface area (Å²) in [5.74, 6) is 0.188. The summed E-state index contributed by atoms with van der Waals surface area (Å²) in [6.07, 6.45) is 3.00. The molecule has 1 aromatic heterocycles. The molecule has 1 N–H and O–H groups in total. The van der Waals surface area contributed by atoms with Crippen LogP contribution in [-0.2, 0) is 4.74 Å². The van der Waals surface area contributed by atoms with E-state index in [-0.39, 0.29) is 23.8 Å². The van der Waals surface area contributed by atoms with Crippen LogP contribution >= 0.6 is 0 Å². The van der Waals surface area contributed by atoms with Crippen LogP contribution in [0.15, 0.2) is 18.3 Å². The van der Waals surface area contributed by atoms with Crippen molar-refractivity contribution in [2.24, 2.45) is 0 Å². The van der Waals surface area contributed by atoms with E-state index in [1.165, 1.54) is 6.07 Å². The Morgan fingerprint density at radius 3 is 2.95 bits per heavy atom. The van der Waals surface area contributed by atoms with Crippen LogP contribution in [-0.4, -0.2) is 45.9 Å². The minimum absolute atomic E-state index is 0.000634. The molecule has 1 unspecified atom stereocenters. The Hall–Kier alpha value is -1.98. The summed E-state index contributed by atoms with van der Waals surface area (Å²) < 4.78 is 10.9. The van der Waals surface area contributed by atoms with Gasteiger partial charge in [-0.2, -0.15) is 0 Å². The van der Waals surface area contributed by atoms with Crippen LogP contribution in [0.25, 0.3) is 0 Å². The first kappa shape index (κ1) is 15.4. The van der Waals surface area contributed by atoms with E-state index in [9.17, 15) is 9.90 Å². The lowest BCUT2D eigenvalue weighted by atomic mass is 10.2. The second kappa shape index (κ2) is 6.20. The van der Waals surface area contributed by atoms with Crippen molar-refractivity contribution in [1.29, 1.82) is 0 Å². The zero-order valence-electron chi connectivity index (χ0n) is 12.7. The summed E-state index contributed by atoms with van der Waals surface area (Å²) in [5.41, 5.74) is -0.510. The number of nitrogens with zero attached hydrogens (tertiary/aromatic N) is 2. The first-order chi connectivity index (χ1) is 9.87. The topological polar surface area (TPSA) is 71.9 Å². The van der Waals surface area contributed by atoms with Gasteiger partial charge in [0.2, 0.25) is 0 Å². The van der Waals surface area contributed by atoms with Gasteiger partial charge in [0.1, 0.15) is 12.2 Å². The minimum atomic E-state index is -0.510. The van der Waals surface area contributed by atoms with E-state index in [2.05, 4.69) is 4.98 Å². The molecule has 0 radical (unpaired) electrons. The zero-order valence-corrected chi connectivity index (χ0v) is 12.7. The van der Waals surface area contributed by atoms with Gasteiger partial charge in [0, 0.05) is 12.7 Å². The van der Waals surface area contributed by atoms with E-state index in [0.29, 0.717) is 13.2 Å². The maximum atomic E-state index is 12.1. The molecule has 2 heterocycles. The third kappa shape index (κ3) is 4.24. The first-order valence-electron chi connectivity index (χ1n) is 7.13. The highest BCUT2D eigenvalue weighted by Gasteiger charge is 2.32. The Kier molecular flexibility index (Phi) is 4.55. The second-order valence-corrected chi connectivity index (χ2v) is 6.11. The molecule has 0 aromatic carbocycles. The van der Waals surface area contributed by atoms with Crippen molar-refractivity contribution in [1.82, 2.24) is 9.88 Å². The number of carbonyl (C=O) groups is 1. The average molecular weight is 294 g/mol. The predicted molar refractivity (Wildman–Crippen MR) is 77.4 cm³/mol. The summed E-state index contributed by atoms with van der Waals surface area (Å²) in [6.45, 7) is 6.50. The molecule has 1 saturated heterocycles. The summed E-state index contributed by atoms with van der Waals surface area (Å²) in [5, 5.41) is 9.62. The predicted octanol–water partition coefficient (Wildman–Crippen LogP) is 2.57. The van der Waals surface area contributed by atoms with Crippen molar-refractivity contribution >= 4 is 6.09 Å². The molecule has 1 aromatic rings. The van der Waals surface area contributed by atoms with E-state index in [1.807, 2.05) is 20.8 Å². The molecule has 116 valence electrons. The number of hydrogen-bond acceptors (Lipinski definition) is 5. The fraction of sp³-hybridized carbons (Fsp3) is 0.600. The van der Waals surface area contributed by atoms with Crippen molar-refractivity contribution in [3.8, 4) is 11.6 Å². The molecule has 0 bridgehead atoms. The van der Waals surface area contributed by atoms with Crippen LogP contribution < -0.4 is 4.74 Å². The Labute approximate surface area is 124 Å². The van der Waals surface area contributed by atoms with Gasteiger partial charge in [-0.1, -0.05) is 0 Å². The van der Waals surface area contributed by atoms with Gasteiger partial charge in [0.15, 0.2) is 5.75 Å². The fourth-order valence-electron chi connectivity index (χ4n) is 2.24. The molecule has 2 rings (SSSR count). The molecule has 1 amide bonds. The van der Waals surface area contributed by atoms with Gasteiger partial charge in [-0.25, -0.2) is 9.78 Å². The maximum absolute atomic E-state index is 12.1. The van der Waals surface area contributed by atoms with Crippen LogP contribution in [0, 0.1) is 0 Å². The van der Waals surface area contributed by atoms with Crippen molar-refractivity contribution in [2.45, 2.75) is 45.3 Å². The number of aromatic hydroxyl groups is 1. The van der Waals surface area contributed by atoms with Gasteiger partial charge in [-0.3, -0.25) is 0 Å². The number of ether oxygens (including phenoxy) is 2. The number of rotatable bonds is 3. The quantitative estimate of drug-likeness (QED) is 0.927. The van der Waals surface area contributed by atoms with Crippen LogP contribution in [0.1, 0.15) is 33.6 Å². The Bertz CT molecular complexity index is 499. The summed E-state index contributed by atoms with van der Waals surface area (Å²) in [6, 6.07) is 3.09. The molecular weight excluding hydrogens is 272 g/mol. The summed E-state index contributed by atoms with van der Waals surface area (Å²) >= 11 is 0. The lowest BCUT2D eigenvalue weighted by molar-refractivity contribution is 0.0185. The summed E-state index contributed by atoms with van der Waals surface area (Å²) in [4.78, 5) is 17.8. The molecule has 6 heteroatoms. The van der Waals surface area contributed by atoms with Gasteiger partial charge < -0.3 is 19.5 Å². The SMILES string of the molecule is CC(C)(C)OC(=O)N1CCCC1COc1ncccc1O.